The van der Waals surface area contributed by atoms with Gasteiger partial charge in [0.05, 0.1) is 10.5 Å². The third-order valence-corrected chi connectivity index (χ3v) is 6.60. The summed E-state index contributed by atoms with van der Waals surface area (Å²) in [4.78, 5) is 13.8. The lowest BCUT2D eigenvalue weighted by Gasteiger charge is -2.34. The van der Waals surface area contributed by atoms with Crippen LogP contribution < -0.4 is 0 Å². The number of nitrogens with zero attached hydrogens (tertiary/aromatic N) is 2. The van der Waals surface area contributed by atoms with Crippen LogP contribution in [0.5, 0.6) is 0 Å². The number of carbonyl (C=O) groups is 1. The predicted molar refractivity (Wildman–Crippen MR) is 97.3 cm³/mol. The summed E-state index contributed by atoms with van der Waals surface area (Å²) < 4.78 is 65.2. The third-order valence-electron chi connectivity index (χ3n) is 4.70. The van der Waals surface area contributed by atoms with Gasteiger partial charge < -0.3 is 4.90 Å². The molecule has 9 heteroatoms. The Kier molecular flexibility index (Phi) is 5.49. The van der Waals surface area contributed by atoms with E-state index in [2.05, 4.69) is 0 Å². The SMILES string of the molecule is Cc1ccccc1C(=O)N1CCN(S(=O)(=O)c2cccc(C(F)(F)F)c2)CC1. The van der Waals surface area contributed by atoms with Crippen molar-refractivity contribution < 1.29 is 26.4 Å². The van der Waals surface area contributed by atoms with Crippen LogP contribution in [0.15, 0.2) is 53.4 Å². The van der Waals surface area contributed by atoms with E-state index in [4.69, 9.17) is 0 Å². The molecule has 3 rings (SSSR count). The summed E-state index contributed by atoms with van der Waals surface area (Å²) in [6.45, 7) is 2.21. The van der Waals surface area contributed by atoms with E-state index in [1.165, 1.54) is 0 Å². The van der Waals surface area contributed by atoms with Gasteiger partial charge in [0.25, 0.3) is 5.91 Å². The van der Waals surface area contributed by atoms with E-state index in [0.29, 0.717) is 11.6 Å². The monoisotopic (exact) mass is 412 g/mol. The van der Waals surface area contributed by atoms with Gasteiger partial charge in [0, 0.05) is 31.7 Å². The van der Waals surface area contributed by atoms with Crippen LogP contribution in [0.1, 0.15) is 21.5 Å². The lowest BCUT2D eigenvalue weighted by atomic mass is 10.1. The largest absolute Gasteiger partial charge is 0.416 e. The van der Waals surface area contributed by atoms with Gasteiger partial charge >= 0.3 is 6.18 Å². The fraction of sp³-hybridized carbons (Fsp3) is 0.316. The van der Waals surface area contributed by atoms with Gasteiger partial charge in [-0.2, -0.15) is 17.5 Å². The second-order valence-electron chi connectivity index (χ2n) is 6.54. The summed E-state index contributed by atoms with van der Waals surface area (Å²) in [5.41, 5.74) is 0.366. The van der Waals surface area contributed by atoms with Gasteiger partial charge in [-0.15, -0.1) is 0 Å². The van der Waals surface area contributed by atoms with Crippen LogP contribution in [0.3, 0.4) is 0 Å². The van der Waals surface area contributed by atoms with Gasteiger partial charge in [0.1, 0.15) is 0 Å². The number of aryl methyl sites for hydroxylation is 1. The molecule has 5 nitrogen and oxygen atoms in total. The maximum Gasteiger partial charge on any atom is 0.416 e. The second-order valence-corrected chi connectivity index (χ2v) is 8.47. The lowest BCUT2D eigenvalue weighted by Crippen LogP contribution is -2.50. The Balaban J connectivity index is 1.74. The number of benzene rings is 2. The van der Waals surface area contributed by atoms with Crippen molar-refractivity contribution in [2.24, 2.45) is 0 Å². The molecule has 0 unspecified atom stereocenters. The molecule has 1 fully saturated rings. The van der Waals surface area contributed by atoms with Gasteiger partial charge in [0.15, 0.2) is 0 Å². The standard InChI is InChI=1S/C19H19F3N2O3S/c1-14-5-2-3-8-17(14)18(25)23-9-11-24(12-10-23)28(26,27)16-7-4-6-15(13-16)19(20,21)22/h2-8,13H,9-12H2,1H3. The van der Waals surface area contributed by atoms with Crippen molar-refractivity contribution in [2.45, 2.75) is 18.0 Å². The Labute approximate surface area is 161 Å². The van der Waals surface area contributed by atoms with Gasteiger partial charge in [-0.05, 0) is 36.8 Å². The molecule has 2 aromatic carbocycles. The third kappa shape index (κ3) is 4.05. The van der Waals surface area contributed by atoms with Gasteiger partial charge in [-0.25, -0.2) is 8.42 Å². The Morgan fingerprint density at radius 3 is 2.21 bits per heavy atom. The molecule has 0 saturated carbocycles. The highest BCUT2D eigenvalue weighted by atomic mass is 32.2. The summed E-state index contributed by atoms with van der Waals surface area (Å²) in [6, 6.07) is 10.8. The molecule has 1 aliphatic heterocycles. The summed E-state index contributed by atoms with van der Waals surface area (Å²) in [5.74, 6) is -0.186. The molecular formula is C19H19F3N2O3S. The van der Waals surface area contributed by atoms with Crippen LogP contribution in [0.2, 0.25) is 0 Å². The zero-order valence-electron chi connectivity index (χ0n) is 15.1. The molecule has 1 heterocycles. The molecule has 0 bridgehead atoms. The first-order valence-electron chi connectivity index (χ1n) is 8.63. The number of rotatable bonds is 3. The van der Waals surface area contributed by atoms with Crippen LogP contribution in [0, 0.1) is 6.92 Å². The maximum absolute atomic E-state index is 12.9. The number of alkyl halides is 3. The molecular weight excluding hydrogens is 393 g/mol. The number of amides is 1. The first-order valence-corrected chi connectivity index (χ1v) is 10.1. The molecule has 0 aromatic heterocycles. The Hall–Kier alpha value is -2.39. The Morgan fingerprint density at radius 1 is 0.964 bits per heavy atom. The molecule has 0 spiro atoms. The highest BCUT2D eigenvalue weighted by Crippen LogP contribution is 2.31. The van der Waals surface area contributed by atoms with Crippen LogP contribution in [0.25, 0.3) is 0 Å². The molecule has 0 atom stereocenters. The molecule has 1 saturated heterocycles. The van der Waals surface area contributed by atoms with E-state index >= 15 is 0 Å². The van der Waals surface area contributed by atoms with E-state index in [1.54, 1.807) is 17.0 Å². The van der Waals surface area contributed by atoms with Gasteiger partial charge in [-0.1, -0.05) is 24.3 Å². The predicted octanol–water partition coefficient (Wildman–Crippen LogP) is 3.16. The topological polar surface area (TPSA) is 57.7 Å². The summed E-state index contributed by atoms with van der Waals surface area (Å²) >= 11 is 0. The number of hydrogen-bond acceptors (Lipinski definition) is 3. The number of sulfonamides is 1. The minimum Gasteiger partial charge on any atom is -0.336 e. The van der Waals surface area contributed by atoms with E-state index in [0.717, 1.165) is 28.1 Å². The van der Waals surface area contributed by atoms with Crippen LogP contribution in [-0.2, 0) is 16.2 Å². The van der Waals surface area contributed by atoms with Crippen molar-refractivity contribution in [2.75, 3.05) is 26.2 Å². The van der Waals surface area contributed by atoms with Crippen molar-refractivity contribution in [1.82, 2.24) is 9.21 Å². The van der Waals surface area contributed by atoms with Crippen LogP contribution >= 0.6 is 0 Å². The molecule has 1 amide bonds. The Bertz CT molecular complexity index is 982. The summed E-state index contributed by atoms with van der Waals surface area (Å²) in [6.07, 6.45) is -4.62. The maximum atomic E-state index is 12.9. The number of halogens is 3. The summed E-state index contributed by atoms with van der Waals surface area (Å²) in [7, 11) is -4.07. The smallest absolute Gasteiger partial charge is 0.336 e. The van der Waals surface area contributed by atoms with Crippen molar-refractivity contribution in [3.8, 4) is 0 Å². The average molecular weight is 412 g/mol. The van der Waals surface area contributed by atoms with E-state index in [-0.39, 0.29) is 32.1 Å². The van der Waals surface area contributed by atoms with Crippen molar-refractivity contribution in [3.63, 3.8) is 0 Å². The minimum absolute atomic E-state index is 0.0240. The molecule has 1 aliphatic rings. The molecule has 0 N–H and O–H groups in total. The van der Waals surface area contributed by atoms with Crippen molar-refractivity contribution in [3.05, 3.63) is 65.2 Å². The quantitative estimate of drug-likeness (QED) is 0.778. The fourth-order valence-corrected chi connectivity index (χ4v) is 4.57. The normalized spacial score (nSPS) is 16.2. The highest BCUT2D eigenvalue weighted by Gasteiger charge is 2.34. The van der Waals surface area contributed by atoms with E-state index in [9.17, 15) is 26.4 Å². The van der Waals surface area contributed by atoms with Crippen LogP contribution in [0.4, 0.5) is 13.2 Å². The second kappa shape index (κ2) is 7.56. The zero-order chi connectivity index (χ0) is 20.5. The van der Waals surface area contributed by atoms with Gasteiger partial charge in [-0.3, -0.25) is 4.79 Å². The molecule has 0 radical (unpaired) electrons. The first-order chi connectivity index (χ1) is 13.1. The Morgan fingerprint density at radius 2 is 1.61 bits per heavy atom. The number of piperazine rings is 1. The molecule has 28 heavy (non-hydrogen) atoms. The molecule has 0 aliphatic carbocycles. The lowest BCUT2D eigenvalue weighted by molar-refractivity contribution is -0.137. The van der Waals surface area contributed by atoms with Gasteiger partial charge in [0.2, 0.25) is 10.0 Å². The molecule has 150 valence electrons. The first kappa shape index (κ1) is 20.3. The van der Waals surface area contributed by atoms with Crippen molar-refractivity contribution in [1.29, 1.82) is 0 Å². The van der Waals surface area contributed by atoms with Crippen molar-refractivity contribution >= 4 is 15.9 Å². The molecule has 2 aromatic rings. The fourth-order valence-electron chi connectivity index (χ4n) is 3.10. The highest BCUT2D eigenvalue weighted by molar-refractivity contribution is 7.89. The zero-order valence-corrected chi connectivity index (χ0v) is 15.9. The number of hydrogen-bond donors (Lipinski definition) is 0. The average Bonchev–Trinajstić information content (AvgIpc) is 2.67. The number of carbonyl (C=O) groups excluding carboxylic acids is 1. The minimum atomic E-state index is -4.62. The van der Waals surface area contributed by atoms with E-state index < -0.39 is 26.7 Å². The van der Waals surface area contributed by atoms with Crippen LogP contribution in [-0.4, -0.2) is 49.7 Å². The summed E-state index contributed by atoms with van der Waals surface area (Å²) in [5, 5.41) is 0. The van der Waals surface area contributed by atoms with E-state index in [1.807, 2.05) is 19.1 Å².